The highest BCUT2D eigenvalue weighted by Gasteiger charge is 2.09. The summed E-state index contributed by atoms with van der Waals surface area (Å²) in [6.45, 7) is 0.337. The van der Waals surface area contributed by atoms with Gasteiger partial charge in [-0.1, -0.05) is 18.2 Å². The number of amides is 2. The molecule has 0 aliphatic carbocycles. The van der Waals surface area contributed by atoms with Crippen LogP contribution < -0.4 is 24.8 Å². The Hall–Kier alpha value is -3.74. The number of methoxy groups -OCH3 is 2. The minimum absolute atomic E-state index is 0.337. The van der Waals surface area contributed by atoms with Gasteiger partial charge in [-0.15, -0.1) is 0 Å². The fourth-order valence-electron chi connectivity index (χ4n) is 2.50. The number of carbonyl (C=O) groups is 1. The molecular formula is C21H21N3O4. The number of urea groups is 1. The molecule has 0 fully saturated rings. The van der Waals surface area contributed by atoms with Gasteiger partial charge in [0, 0.05) is 24.9 Å². The number of carbonyl (C=O) groups excluding carboxylic acids is 1. The number of aromatic nitrogens is 1. The second-order valence-electron chi connectivity index (χ2n) is 5.79. The largest absolute Gasteiger partial charge is 0.497 e. The van der Waals surface area contributed by atoms with Crippen molar-refractivity contribution in [2.75, 3.05) is 19.5 Å². The fourth-order valence-corrected chi connectivity index (χ4v) is 2.50. The van der Waals surface area contributed by atoms with E-state index in [0.29, 0.717) is 35.4 Å². The van der Waals surface area contributed by atoms with Crippen LogP contribution in [0.3, 0.4) is 0 Å². The maximum Gasteiger partial charge on any atom is 0.319 e. The number of pyridine rings is 1. The number of nitrogens with zero attached hydrogens (tertiary/aromatic N) is 1. The molecule has 2 aromatic carbocycles. The topological polar surface area (TPSA) is 81.7 Å². The molecule has 0 aliphatic rings. The van der Waals surface area contributed by atoms with Gasteiger partial charge in [0.25, 0.3) is 0 Å². The smallest absolute Gasteiger partial charge is 0.319 e. The zero-order valence-corrected chi connectivity index (χ0v) is 15.6. The van der Waals surface area contributed by atoms with Gasteiger partial charge in [0.2, 0.25) is 5.88 Å². The highest BCUT2D eigenvalue weighted by Crippen LogP contribution is 2.29. The van der Waals surface area contributed by atoms with Gasteiger partial charge in [-0.05, 0) is 35.9 Å². The number of benzene rings is 2. The van der Waals surface area contributed by atoms with Crippen molar-refractivity contribution in [3.05, 3.63) is 72.4 Å². The molecule has 0 radical (unpaired) electrons. The van der Waals surface area contributed by atoms with E-state index in [0.717, 1.165) is 5.56 Å². The van der Waals surface area contributed by atoms with E-state index in [1.165, 1.54) is 7.11 Å². The first-order valence-corrected chi connectivity index (χ1v) is 8.62. The molecule has 1 heterocycles. The molecule has 7 heteroatoms. The minimum Gasteiger partial charge on any atom is -0.497 e. The molecule has 7 nitrogen and oxygen atoms in total. The molecule has 0 bridgehead atoms. The molecule has 1 aromatic heterocycles. The molecule has 0 aliphatic heterocycles. The third-order valence-electron chi connectivity index (χ3n) is 3.87. The van der Waals surface area contributed by atoms with Gasteiger partial charge in [-0.2, -0.15) is 0 Å². The highest BCUT2D eigenvalue weighted by molar-refractivity contribution is 5.91. The van der Waals surface area contributed by atoms with Gasteiger partial charge in [0.1, 0.15) is 17.2 Å². The van der Waals surface area contributed by atoms with E-state index in [1.807, 2.05) is 36.4 Å². The van der Waals surface area contributed by atoms with Crippen molar-refractivity contribution in [2.24, 2.45) is 0 Å². The summed E-state index contributed by atoms with van der Waals surface area (Å²) in [6, 6.07) is 17.7. The van der Waals surface area contributed by atoms with Crippen LogP contribution >= 0.6 is 0 Å². The van der Waals surface area contributed by atoms with E-state index in [-0.39, 0.29) is 6.03 Å². The Labute approximate surface area is 163 Å². The number of rotatable bonds is 7. The Bertz CT molecular complexity index is 932. The van der Waals surface area contributed by atoms with Crippen LogP contribution in [0.5, 0.6) is 23.1 Å². The molecular weight excluding hydrogens is 358 g/mol. The SMILES string of the molecule is COc1ccc(NC(=O)NCc2cccc(Oc3ccccn3)c2)c(OC)c1. The zero-order valence-electron chi connectivity index (χ0n) is 15.6. The standard InChI is InChI=1S/C21H21N3O4/c1-26-16-9-10-18(19(13-16)27-2)24-21(25)23-14-15-6-5-7-17(12-15)28-20-8-3-4-11-22-20/h3-13H,14H2,1-2H3,(H2,23,24,25). The summed E-state index contributed by atoms with van der Waals surface area (Å²) in [6.07, 6.45) is 1.67. The lowest BCUT2D eigenvalue weighted by molar-refractivity contribution is 0.251. The summed E-state index contributed by atoms with van der Waals surface area (Å²) in [5.74, 6) is 2.32. The molecule has 2 amide bonds. The molecule has 0 saturated carbocycles. The van der Waals surface area contributed by atoms with Crippen LogP contribution in [0.25, 0.3) is 0 Å². The summed E-state index contributed by atoms with van der Waals surface area (Å²) in [5, 5.41) is 5.58. The maximum absolute atomic E-state index is 12.2. The third-order valence-corrected chi connectivity index (χ3v) is 3.87. The minimum atomic E-state index is -0.348. The molecule has 144 valence electrons. The first-order chi connectivity index (χ1) is 13.7. The second-order valence-corrected chi connectivity index (χ2v) is 5.79. The quantitative estimate of drug-likeness (QED) is 0.643. The van der Waals surface area contributed by atoms with E-state index in [1.54, 1.807) is 37.6 Å². The molecule has 3 rings (SSSR count). The Morgan fingerprint density at radius 2 is 1.86 bits per heavy atom. The molecule has 0 spiro atoms. The predicted octanol–water partition coefficient (Wildman–Crippen LogP) is 4.21. The lowest BCUT2D eigenvalue weighted by Crippen LogP contribution is -2.28. The molecule has 0 atom stereocenters. The Morgan fingerprint density at radius 3 is 2.61 bits per heavy atom. The summed E-state index contributed by atoms with van der Waals surface area (Å²) in [7, 11) is 3.10. The molecule has 0 saturated heterocycles. The van der Waals surface area contributed by atoms with Crippen molar-refractivity contribution in [1.82, 2.24) is 10.3 Å². The Balaban J connectivity index is 1.58. The van der Waals surface area contributed by atoms with Crippen LogP contribution in [-0.2, 0) is 6.54 Å². The van der Waals surface area contributed by atoms with Crippen LogP contribution in [0.15, 0.2) is 66.9 Å². The zero-order chi connectivity index (χ0) is 19.8. The number of nitrogens with one attached hydrogen (secondary N) is 2. The van der Waals surface area contributed by atoms with Crippen LogP contribution in [-0.4, -0.2) is 25.2 Å². The highest BCUT2D eigenvalue weighted by atomic mass is 16.5. The average Bonchev–Trinajstić information content (AvgIpc) is 2.73. The normalized spacial score (nSPS) is 10.1. The fraction of sp³-hybridized carbons (Fsp3) is 0.143. The Morgan fingerprint density at radius 1 is 0.964 bits per heavy atom. The third kappa shape index (κ3) is 5.14. The van der Waals surface area contributed by atoms with Crippen LogP contribution in [0.4, 0.5) is 10.5 Å². The van der Waals surface area contributed by atoms with E-state index in [9.17, 15) is 4.79 Å². The van der Waals surface area contributed by atoms with Crippen molar-refractivity contribution < 1.29 is 19.0 Å². The summed E-state index contributed by atoms with van der Waals surface area (Å²) in [5.41, 5.74) is 1.44. The van der Waals surface area contributed by atoms with Gasteiger partial charge < -0.3 is 24.8 Å². The van der Waals surface area contributed by atoms with Gasteiger partial charge in [-0.3, -0.25) is 0 Å². The Kier molecular flexibility index (Phi) is 6.30. The van der Waals surface area contributed by atoms with Gasteiger partial charge in [0.15, 0.2) is 0 Å². The molecule has 3 aromatic rings. The van der Waals surface area contributed by atoms with E-state index >= 15 is 0 Å². The monoisotopic (exact) mass is 379 g/mol. The number of hydrogen-bond acceptors (Lipinski definition) is 5. The first kappa shape index (κ1) is 19.0. The van der Waals surface area contributed by atoms with Crippen molar-refractivity contribution in [3.63, 3.8) is 0 Å². The van der Waals surface area contributed by atoms with Crippen molar-refractivity contribution in [1.29, 1.82) is 0 Å². The molecule has 0 unspecified atom stereocenters. The average molecular weight is 379 g/mol. The van der Waals surface area contributed by atoms with Crippen LogP contribution in [0.2, 0.25) is 0 Å². The van der Waals surface area contributed by atoms with Crippen molar-refractivity contribution in [3.8, 4) is 23.1 Å². The van der Waals surface area contributed by atoms with Gasteiger partial charge in [-0.25, -0.2) is 9.78 Å². The summed E-state index contributed by atoms with van der Waals surface area (Å²) in [4.78, 5) is 16.4. The van der Waals surface area contributed by atoms with Gasteiger partial charge in [0.05, 0.1) is 19.9 Å². The first-order valence-electron chi connectivity index (χ1n) is 8.62. The number of hydrogen-bond donors (Lipinski definition) is 2. The number of ether oxygens (including phenoxy) is 3. The molecule has 2 N–H and O–H groups in total. The van der Waals surface area contributed by atoms with Crippen molar-refractivity contribution >= 4 is 11.7 Å². The number of anilines is 1. The predicted molar refractivity (Wildman–Crippen MR) is 106 cm³/mol. The van der Waals surface area contributed by atoms with Crippen molar-refractivity contribution in [2.45, 2.75) is 6.54 Å². The second kappa shape index (κ2) is 9.27. The summed E-state index contributed by atoms with van der Waals surface area (Å²) >= 11 is 0. The van der Waals surface area contributed by atoms with E-state index in [2.05, 4.69) is 15.6 Å². The lowest BCUT2D eigenvalue weighted by Gasteiger charge is -2.13. The lowest BCUT2D eigenvalue weighted by atomic mass is 10.2. The van der Waals surface area contributed by atoms with Crippen LogP contribution in [0, 0.1) is 0 Å². The maximum atomic E-state index is 12.2. The van der Waals surface area contributed by atoms with Gasteiger partial charge >= 0.3 is 6.03 Å². The van der Waals surface area contributed by atoms with E-state index < -0.39 is 0 Å². The van der Waals surface area contributed by atoms with Crippen LogP contribution in [0.1, 0.15) is 5.56 Å². The summed E-state index contributed by atoms with van der Waals surface area (Å²) < 4.78 is 16.1. The van der Waals surface area contributed by atoms with E-state index in [4.69, 9.17) is 14.2 Å². The molecule has 28 heavy (non-hydrogen) atoms.